The SMILES string of the molecule is CN(C)c1ccc(CNCCCO)cc1F. The third-order valence-electron chi connectivity index (χ3n) is 2.33. The number of aliphatic hydroxyl groups excluding tert-OH is 1. The maximum atomic E-state index is 13.6. The summed E-state index contributed by atoms with van der Waals surface area (Å²) in [7, 11) is 3.63. The van der Waals surface area contributed by atoms with Gasteiger partial charge in [-0.3, -0.25) is 0 Å². The maximum Gasteiger partial charge on any atom is 0.146 e. The molecule has 3 nitrogen and oxygen atoms in total. The number of hydrogen-bond acceptors (Lipinski definition) is 3. The number of nitrogens with zero attached hydrogens (tertiary/aromatic N) is 1. The van der Waals surface area contributed by atoms with Crippen molar-refractivity contribution in [1.82, 2.24) is 5.32 Å². The minimum absolute atomic E-state index is 0.181. The van der Waals surface area contributed by atoms with Gasteiger partial charge in [0, 0.05) is 27.2 Å². The number of benzene rings is 1. The lowest BCUT2D eigenvalue weighted by atomic mass is 10.2. The van der Waals surface area contributed by atoms with Crippen molar-refractivity contribution in [3.63, 3.8) is 0 Å². The van der Waals surface area contributed by atoms with Gasteiger partial charge >= 0.3 is 0 Å². The van der Waals surface area contributed by atoms with Crippen LogP contribution < -0.4 is 10.2 Å². The first kappa shape index (κ1) is 12.9. The highest BCUT2D eigenvalue weighted by Gasteiger charge is 2.04. The van der Waals surface area contributed by atoms with Gasteiger partial charge in [0.1, 0.15) is 5.82 Å². The van der Waals surface area contributed by atoms with Crippen LogP contribution in [0, 0.1) is 5.82 Å². The molecule has 0 aliphatic carbocycles. The Balaban J connectivity index is 2.53. The van der Waals surface area contributed by atoms with Crippen LogP contribution in [0.1, 0.15) is 12.0 Å². The van der Waals surface area contributed by atoms with E-state index in [4.69, 9.17) is 5.11 Å². The summed E-state index contributed by atoms with van der Waals surface area (Å²) in [5, 5.41) is 11.7. The second-order valence-electron chi connectivity index (χ2n) is 3.93. The quantitative estimate of drug-likeness (QED) is 0.719. The molecule has 1 aromatic carbocycles. The van der Waals surface area contributed by atoms with Gasteiger partial charge in [0.05, 0.1) is 5.69 Å². The molecule has 90 valence electrons. The van der Waals surface area contributed by atoms with Gasteiger partial charge < -0.3 is 15.3 Å². The Labute approximate surface area is 95.9 Å². The molecule has 0 radical (unpaired) electrons. The zero-order chi connectivity index (χ0) is 12.0. The van der Waals surface area contributed by atoms with Gasteiger partial charge in [0.25, 0.3) is 0 Å². The average Bonchev–Trinajstić information content (AvgIpc) is 2.24. The minimum atomic E-state index is -0.202. The van der Waals surface area contributed by atoms with Gasteiger partial charge in [-0.1, -0.05) is 6.07 Å². The molecule has 16 heavy (non-hydrogen) atoms. The molecular formula is C12H19FN2O. The number of halogens is 1. The van der Waals surface area contributed by atoms with Crippen LogP contribution in [0.15, 0.2) is 18.2 Å². The van der Waals surface area contributed by atoms with Crippen LogP contribution in [0.5, 0.6) is 0 Å². The Bertz CT molecular complexity index is 329. The van der Waals surface area contributed by atoms with Crippen LogP contribution in [-0.4, -0.2) is 32.4 Å². The Kier molecular flexibility index (Phi) is 5.22. The summed E-state index contributed by atoms with van der Waals surface area (Å²) >= 11 is 0. The molecule has 0 unspecified atom stereocenters. The highest BCUT2D eigenvalue weighted by Crippen LogP contribution is 2.17. The summed E-state index contributed by atoms with van der Waals surface area (Å²) in [5.74, 6) is -0.202. The van der Waals surface area contributed by atoms with Gasteiger partial charge in [-0.05, 0) is 30.7 Å². The first-order valence-corrected chi connectivity index (χ1v) is 5.42. The van der Waals surface area contributed by atoms with Gasteiger partial charge in [0.15, 0.2) is 0 Å². The Morgan fingerprint density at radius 2 is 2.12 bits per heavy atom. The third kappa shape index (κ3) is 3.79. The summed E-state index contributed by atoms with van der Waals surface area (Å²) in [6.45, 7) is 1.55. The maximum absolute atomic E-state index is 13.6. The monoisotopic (exact) mass is 226 g/mol. The second kappa shape index (κ2) is 6.45. The molecule has 0 atom stereocenters. The van der Waals surface area contributed by atoms with Crippen molar-refractivity contribution >= 4 is 5.69 Å². The second-order valence-corrected chi connectivity index (χ2v) is 3.93. The number of nitrogens with one attached hydrogen (secondary N) is 1. The number of hydrogen-bond donors (Lipinski definition) is 2. The Morgan fingerprint density at radius 3 is 2.69 bits per heavy atom. The minimum Gasteiger partial charge on any atom is -0.396 e. The van der Waals surface area contributed by atoms with E-state index in [1.165, 1.54) is 0 Å². The van der Waals surface area contributed by atoms with E-state index >= 15 is 0 Å². The molecule has 0 saturated heterocycles. The topological polar surface area (TPSA) is 35.5 Å². The molecular weight excluding hydrogens is 207 g/mol. The molecule has 0 amide bonds. The third-order valence-corrected chi connectivity index (χ3v) is 2.33. The zero-order valence-electron chi connectivity index (χ0n) is 9.83. The number of aliphatic hydroxyl groups is 1. The fraction of sp³-hybridized carbons (Fsp3) is 0.500. The Morgan fingerprint density at radius 1 is 1.38 bits per heavy atom. The van der Waals surface area contributed by atoms with Crippen LogP contribution in [0.3, 0.4) is 0 Å². The lowest BCUT2D eigenvalue weighted by Crippen LogP contribution is -2.16. The normalized spacial score (nSPS) is 10.5. The van der Waals surface area contributed by atoms with Gasteiger partial charge in [-0.25, -0.2) is 4.39 Å². The smallest absolute Gasteiger partial charge is 0.146 e. The molecule has 0 fully saturated rings. The van der Waals surface area contributed by atoms with Crippen molar-refractivity contribution < 1.29 is 9.50 Å². The first-order valence-electron chi connectivity index (χ1n) is 5.42. The molecule has 0 saturated carbocycles. The highest BCUT2D eigenvalue weighted by atomic mass is 19.1. The molecule has 0 heterocycles. The molecule has 1 rings (SSSR count). The van der Waals surface area contributed by atoms with E-state index in [0.717, 1.165) is 18.5 Å². The van der Waals surface area contributed by atoms with Crippen molar-refractivity contribution in [3.8, 4) is 0 Å². The van der Waals surface area contributed by atoms with E-state index < -0.39 is 0 Å². The fourth-order valence-corrected chi connectivity index (χ4v) is 1.46. The standard InChI is InChI=1S/C12H19FN2O/c1-15(2)12-5-4-10(8-11(12)13)9-14-6-3-7-16/h4-5,8,14,16H,3,6-7,9H2,1-2H3. The summed E-state index contributed by atoms with van der Waals surface area (Å²) in [4.78, 5) is 1.75. The molecule has 0 aliphatic heterocycles. The van der Waals surface area contributed by atoms with Gasteiger partial charge in [-0.2, -0.15) is 0 Å². The van der Waals surface area contributed by atoms with E-state index in [1.807, 2.05) is 20.2 Å². The van der Waals surface area contributed by atoms with Crippen LogP contribution >= 0.6 is 0 Å². The van der Waals surface area contributed by atoms with E-state index in [9.17, 15) is 4.39 Å². The van der Waals surface area contributed by atoms with Gasteiger partial charge in [0.2, 0.25) is 0 Å². The largest absolute Gasteiger partial charge is 0.396 e. The molecule has 0 aliphatic rings. The lowest BCUT2D eigenvalue weighted by molar-refractivity contribution is 0.286. The van der Waals surface area contributed by atoms with Crippen molar-refractivity contribution in [2.24, 2.45) is 0 Å². The molecule has 0 aromatic heterocycles. The molecule has 2 N–H and O–H groups in total. The van der Waals surface area contributed by atoms with Crippen LogP contribution in [0.4, 0.5) is 10.1 Å². The van der Waals surface area contributed by atoms with E-state index in [0.29, 0.717) is 12.2 Å². The summed E-state index contributed by atoms with van der Waals surface area (Å²) < 4.78 is 13.6. The first-order chi connectivity index (χ1) is 7.65. The van der Waals surface area contributed by atoms with Gasteiger partial charge in [-0.15, -0.1) is 0 Å². The lowest BCUT2D eigenvalue weighted by Gasteiger charge is -2.14. The van der Waals surface area contributed by atoms with E-state index in [1.54, 1.807) is 17.0 Å². The molecule has 0 bridgehead atoms. The summed E-state index contributed by atoms with van der Waals surface area (Å²) in [6, 6.07) is 5.23. The van der Waals surface area contributed by atoms with Crippen LogP contribution in [-0.2, 0) is 6.54 Å². The number of rotatable bonds is 6. The van der Waals surface area contributed by atoms with E-state index in [-0.39, 0.29) is 12.4 Å². The van der Waals surface area contributed by atoms with Crippen LogP contribution in [0.2, 0.25) is 0 Å². The Hall–Kier alpha value is -1.13. The van der Waals surface area contributed by atoms with Crippen molar-refractivity contribution in [1.29, 1.82) is 0 Å². The van der Waals surface area contributed by atoms with Crippen molar-refractivity contribution in [3.05, 3.63) is 29.6 Å². The number of anilines is 1. The average molecular weight is 226 g/mol. The van der Waals surface area contributed by atoms with Crippen molar-refractivity contribution in [2.45, 2.75) is 13.0 Å². The van der Waals surface area contributed by atoms with E-state index in [2.05, 4.69) is 5.32 Å². The predicted molar refractivity (Wildman–Crippen MR) is 64.1 cm³/mol. The van der Waals surface area contributed by atoms with Crippen molar-refractivity contribution in [2.75, 3.05) is 32.1 Å². The van der Waals surface area contributed by atoms with Crippen LogP contribution in [0.25, 0.3) is 0 Å². The summed E-state index contributed by atoms with van der Waals surface area (Å²) in [5.41, 5.74) is 1.51. The highest BCUT2D eigenvalue weighted by molar-refractivity contribution is 5.47. The molecule has 4 heteroatoms. The predicted octanol–water partition coefficient (Wildman–Crippen LogP) is 1.36. The summed E-state index contributed by atoms with van der Waals surface area (Å²) in [6.07, 6.45) is 0.720. The molecule has 1 aromatic rings. The molecule has 0 spiro atoms. The zero-order valence-corrected chi connectivity index (χ0v) is 9.83. The fourth-order valence-electron chi connectivity index (χ4n) is 1.46.